The van der Waals surface area contributed by atoms with E-state index in [0.29, 0.717) is 0 Å². The Morgan fingerprint density at radius 3 is 2.27 bits per heavy atom. The van der Waals surface area contributed by atoms with Gasteiger partial charge in [-0.2, -0.15) is 0 Å². The molecule has 0 bridgehead atoms. The van der Waals surface area contributed by atoms with E-state index in [1.54, 1.807) is 6.92 Å². The van der Waals surface area contributed by atoms with Crippen LogP contribution in [0.3, 0.4) is 0 Å². The average molecular weight is 218 g/mol. The van der Waals surface area contributed by atoms with Gasteiger partial charge in [0, 0.05) is 6.61 Å². The molecule has 0 aromatic heterocycles. The van der Waals surface area contributed by atoms with Crippen molar-refractivity contribution in [3.05, 3.63) is 0 Å². The maximum atomic E-state index is 11.0. The van der Waals surface area contributed by atoms with Crippen LogP contribution in [0.5, 0.6) is 0 Å². The number of esters is 2. The summed E-state index contributed by atoms with van der Waals surface area (Å²) < 4.78 is 12.8. The molecular formula is C8H10O7. The fourth-order valence-electron chi connectivity index (χ4n) is 0.788. The minimum Gasteiger partial charge on any atom is -0.395 e. The van der Waals surface area contributed by atoms with Gasteiger partial charge >= 0.3 is 24.9 Å². The number of rotatable bonds is 7. The Morgan fingerprint density at radius 1 is 1.20 bits per heavy atom. The van der Waals surface area contributed by atoms with E-state index in [0.717, 1.165) is 0 Å². The zero-order valence-corrected chi connectivity index (χ0v) is 8.00. The Bertz CT molecular complexity index is 247. The number of carbonyl (C=O) groups excluding carboxylic acids is 4. The first-order valence-corrected chi connectivity index (χ1v) is 4.04. The summed E-state index contributed by atoms with van der Waals surface area (Å²) in [7, 11) is 0. The quantitative estimate of drug-likeness (QED) is 0.313. The SMILES string of the molecule is CCOC(CC(=O)OC=O)C(=O)OC=O. The van der Waals surface area contributed by atoms with Crippen LogP contribution in [0.15, 0.2) is 0 Å². The summed E-state index contributed by atoms with van der Waals surface area (Å²) in [6.07, 6.45) is -1.73. The summed E-state index contributed by atoms with van der Waals surface area (Å²) in [5, 5.41) is 0. The van der Waals surface area contributed by atoms with Crippen molar-refractivity contribution in [2.24, 2.45) is 0 Å². The molecule has 0 N–H and O–H groups in total. The van der Waals surface area contributed by atoms with E-state index < -0.39 is 24.5 Å². The van der Waals surface area contributed by atoms with Gasteiger partial charge in [0.05, 0.1) is 6.42 Å². The monoisotopic (exact) mass is 218 g/mol. The van der Waals surface area contributed by atoms with Crippen LogP contribution < -0.4 is 0 Å². The van der Waals surface area contributed by atoms with Crippen molar-refractivity contribution in [3.63, 3.8) is 0 Å². The lowest BCUT2D eigenvalue weighted by molar-refractivity contribution is -0.167. The number of hydrogen-bond acceptors (Lipinski definition) is 7. The molecule has 0 aliphatic carbocycles. The van der Waals surface area contributed by atoms with E-state index in [1.807, 2.05) is 0 Å². The third-order valence-corrected chi connectivity index (χ3v) is 1.33. The molecule has 0 saturated carbocycles. The van der Waals surface area contributed by atoms with Gasteiger partial charge in [0.1, 0.15) is 0 Å². The molecule has 0 amide bonds. The van der Waals surface area contributed by atoms with Crippen LogP contribution in [-0.4, -0.2) is 37.6 Å². The summed E-state index contributed by atoms with van der Waals surface area (Å²) in [6, 6.07) is 0. The molecule has 0 spiro atoms. The van der Waals surface area contributed by atoms with Crippen molar-refractivity contribution < 1.29 is 33.4 Å². The largest absolute Gasteiger partial charge is 0.395 e. The second-order valence-electron chi connectivity index (χ2n) is 2.27. The van der Waals surface area contributed by atoms with Crippen molar-refractivity contribution >= 4 is 24.9 Å². The Balaban J connectivity index is 4.24. The van der Waals surface area contributed by atoms with Crippen molar-refractivity contribution in [2.45, 2.75) is 19.4 Å². The molecule has 0 aliphatic rings. The van der Waals surface area contributed by atoms with Crippen molar-refractivity contribution in [1.29, 1.82) is 0 Å². The second kappa shape index (κ2) is 7.63. The second-order valence-corrected chi connectivity index (χ2v) is 2.27. The summed E-state index contributed by atoms with van der Waals surface area (Å²) >= 11 is 0. The molecule has 0 fully saturated rings. The Hall–Kier alpha value is -1.76. The molecule has 7 nitrogen and oxygen atoms in total. The van der Waals surface area contributed by atoms with E-state index in [1.165, 1.54) is 0 Å². The first-order chi connectivity index (χ1) is 7.15. The maximum absolute atomic E-state index is 11.0. The summed E-state index contributed by atoms with van der Waals surface area (Å²) in [4.78, 5) is 41.5. The summed E-state index contributed by atoms with van der Waals surface area (Å²) in [6.45, 7) is 1.61. The highest BCUT2D eigenvalue weighted by molar-refractivity contribution is 5.86. The molecule has 0 aromatic carbocycles. The highest BCUT2D eigenvalue weighted by atomic mass is 16.6. The normalized spacial score (nSPS) is 11.3. The Kier molecular flexibility index (Phi) is 6.73. The molecule has 1 unspecified atom stereocenters. The smallest absolute Gasteiger partial charge is 0.343 e. The molecule has 0 aliphatic heterocycles. The Morgan fingerprint density at radius 2 is 1.80 bits per heavy atom. The minimum atomic E-state index is -1.24. The van der Waals surface area contributed by atoms with Gasteiger partial charge in [-0.25, -0.2) is 4.79 Å². The Labute approximate surface area is 85.3 Å². The van der Waals surface area contributed by atoms with E-state index in [2.05, 4.69) is 9.47 Å². The van der Waals surface area contributed by atoms with Crippen molar-refractivity contribution in [2.75, 3.05) is 6.61 Å². The van der Waals surface area contributed by atoms with Crippen LogP contribution in [0.2, 0.25) is 0 Å². The minimum absolute atomic E-state index is 0.0591. The van der Waals surface area contributed by atoms with Crippen LogP contribution in [0.25, 0.3) is 0 Å². The van der Waals surface area contributed by atoms with Crippen molar-refractivity contribution in [3.8, 4) is 0 Å². The molecule has 0 saturated heterocycles. The lowest BCUT2D eigenvalue weighted by Crippen LogP contribution is -2.29. The van der Waals surface area contributed by atoms with Crippen LogP contribution in [-0.2, 0) is 33.4 Å². The van der Waals surface area contributed by atoms with Crippen LogP contribution in [0.1, 0.15) is 13.3 Å². The molecule has 0 aromatic rings. The lowest BCUT2D eigenvalue weighted by Gasteiger charge is -2.11. The van der Waals surface area contributed by atoms with Crippen LogP contribution in [0.4, 0.5) is 0 Å². The summed E-state index contributed by atoms with van der Waals surface area (Å²) in [5.41, 5.74) is 0. The molecule has 15 heavy (non-hydrogen) atoms. The zero-order chi connectivity index (χ0) is 11.7. The van der Waals surface area contributed by atoms with Crippen LogP contribution >= 0.6 is 0 Å². The third-order valence-electron chi connectivity index (χ3n) is 1.33. The first-order valence-electron chi connectivity index (χ1n) is 4.04. The summed E-state index contributed by atoms with van der Waals surface area (Å²) in [5.74, 6) is -1.94. The molecule has 0 heterocycles. The van der Waals surface area contributed by atoms with E-state index >= 15 is 0 Å². The predicted octanol–water partition coefficient (Wildman–Crippen LogP) is -0.819. The highest BCUT2D eigenvalue weighted by Gasteiger charge is 2.24. The van der Waals surface area contributed by atoms with E-state index in [9.17, 15) is 19.2 Å². The van der Waals surface area contributed by atoms with Gasteiger partial charge in [-0.1, -0.05) is 0 Å². The average Bonchev–Trinajstić information content (AvgIpc) is 2.18. The standard InChI is InChI=1S/C8H10O7/c1-2-13-6(8(12)15-5-10)3-7(11)14-4-9/h4-6H,2-3H2,1H3. The number of ether oxygens (including phenoxy) is 3. The fourth-order valence-corrected chi connectivity index (χ4v) is 0.788. The maximum Gasteiger partial charge on any atom is 0.343 e. The molecule has 84 valence electrons. The van der Waals surface area contributed by atoms with Gasteiger partial charge in [-0.3, -0.25) is 14.4 Å². The van der Waals surface area contributed by atoms with Gasteiger partial charge in [-0.05, 0) is 6.92 Å². The van der Waals surface area contributed by atoms with Gasteiger partial charge < -0.3 is 14.2 Å². The van der Waals surface area contributed by atoms with E-state index in [-0.39, 0.29) is 19.6 Å². The zero-order valence-electron chi connectivity index (χ0n) is 8.00. The predicted molar refractivity (Wildman–Crippen MR) is 44.3 cm³/mol. The molecule has 0 radical (unpaired) electrons. The van der Waals surface area contributed by atoms with Crippen LogP contribution in [0, 0.1) is 0 Å². The van der Waals surface area contributed by atoms with Crippen molar-refractivity contribution in [1.82, 2.24) is 0 Å². The highest BCUT2D eigenvalue weighted by Crippen LogP contribution is 2.02. The number of carbonyl (C=O) groups is 4. The topological polar surface area (TPSA) is 96.0 Å². The van der Waals surface area contributed by atoms with Gasteiger partial charge in [0.25, 0.3) is 0 Å². The lowest BCUT2D eigenvalue weighted by atomic mass is 10.2. The third kappa shape index (κ3) is 5.53. The molecular weight excluding hydrogens is 208 g/mol. The number of hydrogen-bond donors (Lipinski definition) is 0. The van der Waals surface area contributed by atoms with Gasteiger partial charge in [-0.15, -0.1) is 0 Å². The first kappa shape index (κ1) is 13.2. The molecule has 1 atom stereocenters. The van der Waals surface area contributed by atoms with Gasteiger partial charge in [0.15, 0.2) is 6.10 Å². The molecule has 0 rings (SSSR count). The molecule has 7 heteroatoms. The van der Waals surface area contributed by atoms with Gasteiger partial charge in [0.2, 0.25) is 0 Å². The van der Waals surface area contributed by atoms with E-state index in [4.69, 9.17) is 4.74 Å². The fraction of sp³-hybridized carbons (Fsp3) is 0.500.